The highest BCUT2D eigenvalue weighted by Crippen LogP contribution is 2.27. The maximum Gasteiger partial charge on any atom is 0.293 e. The molecule has 0 radical (unpaired) electrons. The van der Waals surface area contributed by atoms with Crippen molar-refractivity contribution in [2.24, 2.45) is 10.1 Å². The van der Waals surface area contributed by atoms with E-state index in [0.29, 0.717) is 29.4 Å². The van der Waals surface area contributed by atoms with E-state index in [1.54, 1.807) is 11.8 Å². The molecule has 194 valence electrons. The fourth-order valence-corrected chi connectivity index (χ4v) is 5.59. The molecule has 0 saturated carbocycles. The number of carbonyl (C=O) groups excluding carboxylic acids is 1. The van der Waals surface area contributed by atoms with Crippen LogP contribution >= 0.6 is 39.5 Å². The van der Waals surface area contributed by atoms with E-state index in [9.17, 15) is 4.79 Å². The number of rotatable bonds is 9. The van der Waals surface area contributed by atoms with Crippen LogP contribution in [-0.4, -0.2) is 54.1 Å². The number of halogens is 1. The summed E-state index contributed by atoms with van der Waals surface area (Å²) >= 11 is 6.55. The molecular weight excluding hydrogens is 594 g/mol. The van der Waals surface area contributed by atoms with Crippen molar-refractivity contribution in [3.8, 4) is 11.6 Å². The Morgan fingerprint density at radius 2 is 2.11 bits per heavy atom. The van der Waals surface area contributed by atoms with Gasteiger partial charge in [-0.15, -0.1) is 5.10 Å². The number of hydrazone groups is 1. The SMILES string of the molecule is Nc1nonc1-n1nnc(C(=O)N/N=C/c2ccccc2OCc2ccc(Br)cc2)c1CSC1=NCCS1. The number of hydrogen-bond donors (Lipinski definition) is 2. The number of aliphatic imine (C=N–C) groups is 1. The van der Waals surface area contributed by atoms with Gasteiger partial charge < -0.3 is 10.5 Å². The van der Waals surface area contributed by atoms with Crippen LogP contribution in [0, 0.1) is 0 Å². The molecule has 0 atom stereocenters. The van der Waals surface area contributed by atoms with Gasteiger partial charge in [0.25, 0.3) is 5.91 Å². The first-order chi connectivity index (χ1) is 18.6. The molecule has 0 aliphatic carbocycles. The Morgan fingerprint density at radius 3 is 2.87 bits per heavy atom. The van der Waals surface area contributed by atoms with Gasteiger partial charge in [0, 0.05) is 21.5 Å². The molecule has 15 heteroatoms. The third kappa shape index (κ3) is 6.23. The van der Waals surface area contributed by atoms with Gasteiger partial charge in [-0.05, 0) is 40.1 Å². The van der Waals surface area contributed by atoms with Crippen LogP contribution in [0.4, 0.5) is 5.82 Å². The van der Waals surface area contributed by atoms with Crippen molar-refractivity contribution in [1.29, 1.82) is 0 Å². The molecule has 3 N–H and O–H groups in total. The number of amides is 1. The quantitative estimate of drug-likeness (QED) is 0.210. The number of para-hydroxylation sites is 1. The Hall–Kier alpha value is -3.69. The molecule has 5 rings (SSSR count). The van der Waals surface area contributed by atoms with Gasteiger partial charge in [-0.1, -0.05) is 68.9 Å². The van der Waals surface area contributed by atoms with E-state index in [1.165, 1.54) is 22.7 Å². The van der Waals surface area contributed by atoms with E-state index < -0.39 is 5.91 Å². The number of nitrogen functional groups attached to an aromatic ring is 1. The summed E-state index contributed by atoms with van der Waals surface area (Å²) in [5, 5.41) is 19.6. The Labute approximate surface area is 233 Å². The monoisotopic (exact) mass is 613 g/mol. The lowest BCUT2D eigenvalue weighted by Gasteiger charge is -2.09. The zero-order chi connectivity index (χ0) is 26.3. The number of nitrogens with one attached hydrogen (secondary N) is 1. The smallest absolute Gasteiger partial charge is 0.293 e. The van der Waals surface area contributed by atoms with Crippen LogP contribution in [0.15, 0.2) is 67.7 Å². The van der Waals surface area contributed by atoms with Gasteiger partial charge in [-0.3, -0.25) is 9.79 Å². The van der Waals surface area contributed by atoms with Crippen molar-refractivity contribution in [2.45, 2.75) is 12.4 Å². The van der Waals surface area contributed by atoms with Crippen LogP contribution in [0.25, 0.3) is 5.82 Å². The van der Waals surface area contributed by atoms with Crippen LogP contribution in [0.5, 0.6) is 5.75 Å². The fourth-order valence-electron chi connectivity index (χ4n) is 3.32. The number of aromatic nitrogens is 5. The van der Waals surface area contributed by atoms with Gasteiger partial charge in [0.05, 0.1) is 18.5 Å². The molecule has 1 amide bonds. The molecule has 3 heterocycles. The first-order valence-corrected chi connectivity index (χ1v) is 14.0. The molecule has 2 aromatic heterocycles. The largest absolute Gasteiger partial charge is 0.488 e. The van der Waals surface area contributed by atoms with E-state index >= 15 is 0 Å². The number of ether oxygens (including phenoxy) is 1. The average molecular weight is 615 g/mol. The standard InChI is InChI=1S/C23H20BrN9O3S2/c24-16-7-5-14(6-8-16)12-35-18-4-2-1-3-15(18)11-27-29-22(34)19-17(13-38-23-26-9-10-37-23)33(32-28-19)21-20(25)30-36-31-21/h1-8,11H,9-10,12-13H2,(H2,25,30)(H,29,34)/b27-11+. The average Bonchev–Trinajstić information content (AvgIpc) is 3.69. The molecule has 12 nitrogen and oxygen atoms in total. The van der Waals surface area contributed by atoms with E-state index in [4.69, 9.17) is 15.1 Å². The van der Waals surface area contributed by atoms with Gasteiger partial charge in [0.1, 0.15) is 16.7 Å². The molecule has 0 saturated heterocycles. The van der Waals surface area contributed by atoms with Crippen LogP contribution < -0.4 is 15.9 Å². The third-order valence-electron chi connectivity index (χ3n) is 5.16. The van der Waals surface area contributed by atoms with Gasteiger partial charge >= 0.3 is 0 Å². The van der Waals surface area contributed by atoms with Crippen LogP contribution in [-0.2, 0) is 12.4 Å². The second-order valence-corrected chi connectivity index (χ2v) is 10.9. The zero-order valence-corrected chi connectivity index (χ0v) is 22.9. The third-order valence-corrected chi connectivity index (χ3v) is 7.95. The van der Waals surface area contributed by atoms with Crippen molar-refractivity contribution in [2.75, 3.05) is 18.0 Å². The molecular formula is C23H20BrN9O3S2. The second-order valence-electron chi connectivity index (χ2n) is 7.71. The summed E-state index contributed by atoms with van der Waals surface area (Å²) in [5.74, 6) is 1.53. The van der Waals surface area contributed by atoms with Gasteiger partial charge in [0.15, 0.2) is 5.69 Å². The first kappa shape index (κ1) is 25.9. The molecule has 0 fully saturated rings. The molecule has 1 aliphatic rings. The summed E-state index contributed by atoms with van der Waals surface area (Å²) < 4.78 is 13.9. The predicted molar refractivity (Wildman–Crippen MR) is 150 cm³/mol. The summed E-state index contributed by atoms with van der Waals surface area (Å²) in [6.45, 7) is 1.15. The van der Waals surface area contributed by atoms with Crippen molar-refractivity contribution in [1.82, 2.24) is 30.7 Å². The topological polar surface area (TPSA) is 159 Å². The summed E-state index contributed by atoms with van der Waals surface area (Å²) in [6, 6.07) is 15.3. The van der Waals surface area contributed by atoms with Crippen molar-refractivity contribution >= 4 is 61.8 Å². The number of thioether (sulfide) groups is 2. The highest BCUT2D eigenvalue weighted by atomic mass is 79.9. The number of anilines is 1. The van der Waals surface area contributed by atoms with E-state index in [0.717, 1.165) is 26.7 Å². The van der Waals surface area contributed by atoms with Gasteiger partial charge in [0.2, 0.25) is 11.6 Å². The van der Waals surface area contributed by atoms with Crippen molar-refractivity contribution in [3.63, 3.8) is 0 Å². The minimum absolute atomic E-state index is 0.0263. The Balaban J connectivity index is 1.30. The van der Waals surface area contributed by atoms with Crippen LogP contribution in [0.2, 0.25) is 0 Å². The minimum Gasteiger partial charge on any atom is -0.488 e. The minimum atomic E-state index is -0.549. The normalized spacial score (nSPS) is 13.1. The Morgan fingerprint density at radius 1 is 1.26 bits per heavy atom. The van der Waals surface area contributed by atoms with Crippen LogP contribution in [0.3, 0.4) is 0 Å². The highest BCUT2D eigenvalue weighted by molar-refractivity contribution is 9.10. The fraction of sp³-hybridized carbons (Fsp3) is 0.174. The number of nitrogens with zero attached hydrogens (tertiary/aromatic N) is 7. The maximum atomic E-state index is 13.0. The lowest BCUT2D eigenvalue weighted by atomic mass is 10.2. The molecule has 0 spiro atoms. The summed E-state index contributed by atoms with van der Waals surface area (Å²) in [7, 11) is 0. The molecule has 0 unspecified atom stereocenters. The first-order valence-electron chi connectivity index (χ1n) is 11.2. The van der Waals surface area contributed by atoms with E-state index in [2.05, 4.69) is 52.1 Å². The lowest BCUT2D eigenvalue weighted by Crippen LogP contribution is -2.20. The van der Waals surface area contributed by atoms with Crippen LogP contribution in [0.1, 0.15) is 27.3 Å². The number of benzene rings is 2. The van der Waals surface area contributed by atoms with Gasteiger partial charge in [-0.2, -0.15) is 9.78 Å². The molecule has 1 aliphatic heterocycles. The number of carbonyl (C=O) groups is 1. The predicted octanol–water partition coefficient (Wildman–Crippen LogP) is 3.67. The van der Waals surface area contributed by atoms with E-state index in [-0.39, 0.29) is 17.3 Å². The van der Waals surface area contributed by atoms with E-state index in [1.807, 2.05) is 48.5 Å². The molecule has 4 aromatic rings. The number of hydrogen-bond acceptors (Lipinski definition) is 12. The second kappa shape index (κ2) is 12.2. The highest BCUT2D eigenvalue weighted by Gasteiger charge is 2.24. The molecule has 0 bridgehead atoms. The number of nitrogens with two attached hydrogens (primary N) is 1. The van der Waals surface area contributed by atoms with Crippen molar-refractivity contribution < 1.29 is 14.2 Å². The Bertz CT molecular complexity index is 1490. The molecule has 38 heavy (non-hydrogen) atoms. The summed E-state index contributed by atoms with van der Waals surface area (Å²) in [5.41, 5.74) is 10.6. The Kier molecular flexibility index (Phi) is 8.35. The van der Waals surface area contributed by atoms with Gasteiger partial charge in [-0.25, -0.2) is 10.1 Å². The summed E-state index contributed by atoms with van der Waals surface area (Å²) in [4.78, 5) is 17.5. The van der Waals surface area contributed by atoms with Crippen molar-refractivity contribution in [3.05, 3.63) is 75.5 Å². The molecule has 2 aromatic carbocycles. The zero-order valence-electron chi connectivity index (χ0n) is 19.7. The summed E-state index contributed by atoms with van der Waals surface area (Å²) in [6.07, 6.45) is 1.51. The lowest BCUT2D eigenvalue weighted by molar-refractivity contribution is 0.0949. The maximum absolute atomic E-state index is 13.0.